The third-order valence-electron chi connectivity index (χ3n) is 4.12. The van der Waals surface area contributed by atoms with E-state index in [0.717, 1.165) is 11.1 Å². The maximum absolute atomic E-state index is 12.2. The lowest BCUT2D eigenvalue weighted by atomic mass is 10.2. The Balaban J connectivity index is 1.63. The normalized spacial score (nSPS) is 11.5. The summed E-state index contributed by atoms with van der Waals surface area (Å²) in [5.41, 5.74) is 1.51. The molecule has 0 saturated carbocycles. The van der Waals surface area contributed by atoms with Crippen LogP contribution < -0.4 is 20.1 Å². The molecule has 180 valence electrons. The summed E-state index contributed by atoms with van der Waals surface area (Å²) in [6.07, 6.45) is 0. The third kappa shape index (κ3) is 8.94. The lowest BCUT2D eigenvalue weighted by molar-refractivity contribution is 0.245. The highest BCUT2D eigenvalue weighted by atomic mass is 32.2. The van der Waals surface area contributed by atoms with Crippen LogP contribution >= 0.6 is 11.8 Å². The van der Waals surface area contributed by atoms with E-state index in [2.05, 4.69) is 10.6 Å². The van der Waals surface area contributed by atoms with Crippen LogP contribution in [0.5, 0.6) is 0 Å². The minimum atomic E-state index is -3.95. The first kappa shape index (κ1) is 26.5. The molecule has 0 atom stereocenters. The molecule has 0 bridgehead atoms. The van der Waals surface area contributed by atoms with Crippen LogP contribution in [0.2, 0.25) is 0 Å². The SMILES string of the molecule is Cc1cccc(S(=O)(=O)NC(=O)NCCSCCNC(=O)NS(=O)(=O)c2cccc(C)c2)c1. The molecule has 2 rings (SSSR count). The van der Waals surface area contributed by atoms with Gasteiger partial charge in [-0.25, -0.2) is 35.9 Å². The molecule has 33 heavy (non-hydrogen) atoms. The molecule has 0 aliphatic rings. The molecule has 0 aliphatic carbocycles. The highest BCUT2D eigenvalue weighted by Crippen LogP contribution is 2.11. The summed E-state index contributed by atoms with van der Waals surface area (Å²) in [6, 6.07) is 10.7. The van der Waals surface area contributed by atoms with E-state index in [9.17, 15) is 26.4 Å². The van der Waals surface area contributed by atoms with E-state index in [0.29, 0.717) is 11.5 Å². The van der Waals surface area contributed by atoms with Gasteiger partial charge in [-0.15, -0.1) is 0 Å². The van der Waals surface area contributed by atoms with Crippen molar-refractivity contribution in [3.05, 3.63) is 59.7 Å². The molecule has 2 aromatic rings. The maximum Gasteiger partial charge on any atom is 0.328 e. The fourth-order valence-corrected chi connectivity index (χ4v) is 5.34. The predicted molar refractivity (Wildman–Crippen MR) is 127 cm³/mol. The van der Waals surface area contributed by atoms with Crippen LogP contribution in [0.25, 0.3) is 0 Å². The average molecular weight is 515 g/mol. The Hall–Kier alpha value is -2.77. The molecule has 0 aromatic heterocycles. The molecular formula is C20H26N4O6S3. The Labute approximate surface area is 198 Å². The van der Waals surface area contributed by atoms with Gasteiger partial charge in [-0.2, -0.15) is 11.8 Å². The molecule has 0 unspecified atom stereocenters. The summed E-state index contributed by atoms with van der Waals surface area (Å²) in [6.45, 7) is 3.90. The van der Waals surface area contributed by atoms with E-state index in [1.165, 1.54) is 36.0 Å². The van der Waals surface area contributed by atoms with E-state index >= 15 is 0 Å². The van der Waals surface area contributed by atoms with Gasteiger partial charge in [0.25, 0.3) is 20.0 Å². The zero-order valence-corrected chi connectivity index (χ0v) is 20.6. The van der Waals surface area contributed by atoms with Gasteiger partial charge in [0, 0.05) is 24.6 Å². The van der Waals surface area contributed by atoms with E-state index < -0.39 is 32.1 Å². The number of benzene rings is 2. The Morgan fingerprint density at radius 2 is 1.12 bits per heavy atom. The number of thioether (sulfide) groups is 1. The Bertz CT molecular complexity index is 1110. The third-order valence-corrected chi connectivity index (χ3v) is 7.76. The largest absolute Gasteiger partial charge is 0.336 e. The first-order chi connectivity index (χ1) is 15.5. The highest BCUT2D eigenvalue weighted by Gasteiger charge is 2.18. The molecule has 4 amide bonds. The van der Waals surface area contributed by atoms with Crippen molar-refractivity contribution in [2.75, 3.05) is 24.6 Å². The monoisotopic (exact) mass is 514 g/mol. The van der Waals surface area contributed by atoms with Gasteiger partial charge in [0.2, 0.25) is 0 Å². The smallest absolute Gasteiger partial charge is 0.328 e. The highest BCUT2D eigenvalue weighted by molar-refractivity contribution is 7.99. The van der Waals surface area contributed by atoms with Crippen LogP contribution in [0.4, 0.5) is 9.59 Å². The Kier molecular flexibility index (Phi) is 9.56. The average Bonchev–Trinajstić information content (AvgIpc) is 2.72. The molecule has 0 radical (unpaired) electrons. The zero-order chi connectivity index (χ0) is 24.5. The topological polar surface area (TPSA) is 151 Å². The second kappa shape index (κ2) is 11.9. The van der Waals surface area contributed by atoms with Crippen LogP contribution in [0.1, 0.15) is 11.1 Å². The molecule has 13 heteroatoms. The molecule has 0 saturated heterocycles. The van der Waals surface area contributed by atoms with Crippen molar-refractivity contribution in [3.8, 4) is 0 Å². The van der Waals surface area contributed by atoms with Crippen molar-refractivity contribution in [1.29, 1.82) is 0 Å². The predicted octanol–water partition coefficient (Wildman–Crippen LogP) is 1.71. The van der Waals surface area contributed by atoms with Gasteiger partial charge in [-0.05, 0) is 49.2 Å². The van der Waals surface area contributed by atoms with Gasteiger partial charge < -0.3 is 10.6 Å². The van der Waals surface area contributed by atoms with Crippen LogP contribution in [0.3, 0.4) is 0 Å². The first-order valence-electron chi connectivity index (χ1n) is 9.82. The van der Waals surface area contributed by atoms with Crippen molar-refractivity contribution in [3.63, 3.8) is 0 Å². The van der Waals surface area contributed by atoms with E-state index in [-0.39, 0.29) is 22.9 Å². The Morgan fingerprint density at radius 1 is 0.727 bits per heavy atom. The summed E-state index contributed by atoms with van der Waals surface area (Å²) in [5.74, 6) is 0.922. The number of rotatable bonds is 10. The van der Waals surface area contributed by atoms with E-state index in [1.807, 2.05) is 9.44 Å². The molecule has 0 aliphatic heterocycles. The number of nitrogens with one attached hydrogen (secondary N) is 4. The van der Waals surface area contributed by atoms with E-state index in [4.69, 9.17) is 0 Å². The number of hydrogen-bond acceptors (Lipinski definition) is 7. The van der Waals surface area contributed by atoms with Crippen molar-refractivity contribution in [1.82, 2.24) is 20.1 Å². The first-order valence-corrected chi connectivity index (χ1v) is 13.9. The van der Waals surface area contributed by atoms with Crippen molar-refractivity contribution in [2.45, 2.75) is 23.6 Å². The number of carbonyl (C=O) groups is 2. The molecular weight excluding hydrogens is 488 g/mol. The molecule has 4 N–H and O–H groups in total. The second-order valence-corrected chi connectivity index (χ2v) is 11.6. The van der Waals surface area contributed by atoms with Gasteiger partial charge in [0.1, 0.15) is 0 Å². The van der Waals surface area contributed by atoms with Gasteiger partial charge in [-0.1, -0.05) is 24.3 Å². The summed E-state index contributed by atoms with van der Waals surface area (Å²) >= 11 is 1.39. The van der Waals surface area contributed by atoms with Gasteiger partial charge in [-0.3, -0.25) is 0 Å². The summed E-state index contributed by atoms with van der Waals surface area (Å²) < 4.78 is 52.6. The molecule has 0 heterocycles. The summed E-state index contributed by atoms with van der Waals surface area (Å²) in [4.78, 5) is 23.7. The lowest BCUT2D eigenvalue weighted by Crippen LogP contribution is -2.41. The number of urea groups is 2. The van der Waals surface area contributed by atoms with Crippen molar-refractivity contribution < 1.29 is 26.4 Å². The summed E-state index contributed by atoms with van der Waals surface area (Å²) in [7, 11) is -7.91. The number of carbonyl (C=O) groups excluding carboxylic acids is 2. The quantitative estimate of drug-likeness (QED) is 0.352. The minimum absolute atomic E-state index is 0.000731. The molecule has 0 spiro atoms. The fraction of sp³-hybridized carbons (Fsp3) is 0.300. The molecule has 0 fully saturated rings. The minimum Gasteiger partial charge on any atom is -0.336 e. The van der Waals surface area contributed by atoms with E-state index in [1.54, 1.807) is 38.1 Å². The maximum atomic E-state index is 12.2. The fourth-order valence-electron chi connectivity index (χ4n) is 2.57. The van der Waals surface area contributed by atoms with Gasteiger partial charge in [0.05, 0.1) is 9.79 Å². The van der Waals surface area contributed by atoms with Gasteiger partial charge in [0.15, 0.2) is 0 Å². The summed E-state index contributed by atoms with van der Waals surface area (Å²) in [5, 5.41) is 4.90. The number of hydrogen-bond donors (Lipinski definition) is 4. The van der Waals surface area contributed by atoms with Crippen LogP contribution in [0.15, 0.2) is 58.3 Å². The standard InChI is InChI=1S/C20H26N4O6S3/c1-15-5-3-7-17(13-15)32(27,28)23-19(25)21-9-11-31-12-10-22-20(26)24-33(29,30)18-8-4-6-16(2)14-18/h3-8,13-14H,9-12H2,1-2H3,(H2,21,23,25)(H2,22,24,26). The Morgan fingerprint density at radius 3 is 1.48 bits per heavy atom. The van der Waals surface area contributed by atoms with Gasteiger partial charge >= 0.3 is 12.1 Å². The number of amides is 4. The molecule has 10 nitrogen and oxygen atoms in total. The van der Waals surface area contributed by atoms with Crippen LogP contribution in [-0.2, 0) is 20.0 Å². The van der Waals surface area contributed by atoms with Crippen LogP contribution in [0, 0.1) is 13.8 Å². The lowest BCUT2D eigenvalue weighted by Gasteiger charge is -2.10. The van der Waals surface area contributed by atoms with Crippen LogP contribution in [-0.4, -0.2) is 53.5 Å². The van der Waals surface area contributed by atoms with Crippen molar-refractivity contribution in [2.24, 2.45) is 0 Å². The van der Waals surface area contributed by atoms with Crippen molar-refractivity contribution >= 4 is 43.9 Å². The molecule has 2 aromatic carbocycles. The zero-order valence-electron chi connectivity index (χ0n) is 18.1. The number of sulfonamides is 2. The number of aryl methyl sites for hydroxylation is 2. The second-order valence-electron chi connectivity index (χ2n) is 6.97.